The minimum absolute atomic E-state index is 0.108. The molecule has 1 aromatic rings. The molecular formula is C12H13ClFNO. The van der Waals surface area contributed by atoms with Crippen LogP contribution in [0.3, 0.4) is 0 Å². The molecule has 0 spiro atoms. The summed E-state index contributed by atoms with van der Waals surface area (Å²) >= 11 is 5.96. The lowest BCUT2D eigenvalue weighted by molar-refractivity contribution is 0.0726. The summed E-state index contributed by atoms with van der Waals surface area (Å²) in [7, 11) is 0. The van der Waals surface area contributed by atoms with Gasteiger partial charge in [-0.25, -0.2) is 4.39 Å². The number of amides is 1. The molecule has 0 aliphatic carbocycles. The number of hydrogen-bond donors (Lipinski definition) is 0. The number of carbonyl (C=O) groups is 1. The van der Waals surface area contributed by atoms with Crippen molar-refractivity contribution in [1.82, 2.24) is 4.90 Å². The Kier molecular flexibility index (Phi) is 3.44. The predicted molar refractivity (Wildman–Crippen MR) is 61.2 cm³/mol. The number of nitrogens with zero attached hydrogens (tertiary/aromatic N) is 1. The quantitative estimate of drug-likeness (QED) is 0.693. The highest BCUT2D eigenvalue weighted by Gasteiger charge is 2.22. The van der Waals surface area contributed by atoms with Crippen molar-refractivity contribution >= 4 is 17.5 Å². The van der Waals surface area contributed by atoms with Gasteiger partial charge in [-0.1, -0.05) is 6.07 Å². The first-order chi connectivity index (χ1) is 7.66. The maximum absolute atomic E-state index is 13.0. The fourth-order valence-electron chi connectivity index (χ4n) is 1.86. The van der Waals surface area contributed by atoms with Gasteiger partial charge in [0.15, 0.2) is 0 Å². The molecule has 2 rings (SSSR count). The highest BCUT2D eigenvalue weighted by Crippen LogP contribution is 2.17. The number of hydrogen-bond acceptors (Lipinski definition) is 1. The van der Waals surface area contributed by atoms with Gasteiger partial charge in [0.2, 0.25) is 0 Å². The second-order valence-electron chi connectivity index (χ2n) is 3.98. The van der Waals surface area contributed by atoms with Gasteiger partial charge in [0, 0.05) is 24.0 Å². The van der Waals surface area contributed by atoms with Gasteiger partial charge in [-0.2, -0.15) is 0 Å². The summed E-state index contributed by atoms with van der Waals surface area (Å²) in [6, 6.07) is 5.80. The molecule has 0 unspecified atom stereocenters. The van der Waals surface area contributed by atoms with Crippen molar-refractivity contribution in [2.45, 2.75) is 18.2 Å². The van der Waals surface area contributed by atoms with Crippen LogP contribution >= 0.6 is 11.6 Å². The Morgan fingerprint density at radius 3 is 2.69 bits per heavy atom. The van der Waals surface area contributed by atoms with Crippen molar-refractivity contribution in [3.8, 4) is 0 Å². The van der Waals surface area contributed by atoms with E-state index in [0.717, 1.165) is 12.8 Å². The summed E-state index contributed by atoms with van der Waals surface area (Å²) in [6.45, 7) is 1.31. The monoisotopic (exact) mass is 241 g/mol. The molecule has 2 nitrogen and oxygen atoms in total. The van der Waals surface area contributed by atoms with Crippen LogP contribution in [0.1, 0.15) is 23.2 Å². The lowest BCUT2D eigenvalue weighted by Gasteiger charge is -2.29. The third kappa shape index (κ3) is 2.53. The number of rotatable bonds is 1. The average Bonchev–Trinajstić information content (AvgIpc) is 2.29. The standard InChI is InChI=1S/C12H13ClFNO/c13-10-4-6-15(7-5-10)12(16)9-2-1-3-11(14)8-9/h1-3,8,10H,4-7H2. The van der Waals surface area contributed by atoms with E-state index in [1.807, 2.05) is 0 Å². The van der Waals surface area contributed by atoms with Crippen LogP contribution in [0, 0.1) is 5.82 Å². The van der Waals surface area contributed by atoms with Gasteiger partial charge in [0.25, 0.3) is 5.91 Å². The van der Waals surface area contributed by atoms with Gasteiger partial charge in [-0.15, -0.1) is 11.6 Å². The van der Waals surface area contributed by atoms with Crippen molar-refractivity contribution in [2.75, 3.05) is 13.1 Å². The molecule has 0 saturated carbocycles. The molecular weight excluding hydrogens is 229 g/mol. The second-order valence-corrected chi connectivity index (χ2v) is 4.59. The minimum atomic E-state index is -0.377. The third-order valence-corrected chi connectivity index (χ3v) is 3.22. The van der Waals surface area contributed by atoms with Gasteiger partial charge < -0.3 is 4.90 Å². The Labute approximate surface area is 99.0 Å². The maximum Gasteiger partial charge on any atom is 0.253 e. The zero-order valence-electron chi connectivity index (χ0n) is 8.83. The fraction of sp³-hybridized carbons (Fsp3) is 0.417. The molecule has 0 atom stereocenters. The Morgan fingerprint density at radius 2 is 2.06 bits per heavy atom. The smallest absolute Gasteiger partial charge is 0.253 e. The first kappa shape index (κ1) is 11.4. The van der Waals surface area contributed by atoms with E-state index >= 15 is 0 Å². The lowest BCUT2D eigenvalue weighted by Crippen LogP contribution is -2.38. The summed E-state index contributed by atoms with van der Waals surface area (Å²) in [6.07, 6.45) is 1.62. The van der Waals surface area contributed by atoms with Crippen LogP contribution in [0.4, 0.5) is 4.39 Å². The van der Waals surface area contributed by atoms with Crippen molar-refractivity contribution in [1.29, 1.82) is 0 Å². The van der Waals surface area contributed by atoms with Crippen LogP contribution < -0.4 is 0 Å². The number of halogens is 2. The number of likely N-dealkylation sites (tertiary alicyclic amines) is 1. The SMILES string of the molecule is O=C(c1cccc(F)c1)N1CCC(Cl)CC1. The topological polar surface area (TPSA) is 20.3 Å². The van der Waals surface area contributed by atoms with Crippen LogP contribution in [-0.4, -0.2) is 29.3 Å². The number of carbonyl (C=O) groups excluding carboxylic acids is 1. The zero-order chi connectivity index (χ0) is 11.5. The molecule has 4 heteroatoms. The van der Waals surface area contributed by atoms with Gasteiger partial charge in [-0.3, -0.25) is 4.79 Å². The van der Waals surface area contributed by atoms with E-state index in [1.54, 1.807) is 17.0 Å². The maximum atomic E-state index is 13.0. The Hall–Kier alpha value is -1.09. The van der Waals surface area contributed by atoms with E-state index in [0.29, 0.717) is 18.7 Å². The average molecular weight is 242 g/mol. The molecule has 1 fully saturated rings. The summed E-state index contributed by atoms with van der Waals surface area (Å²) in [5.41, 5.74) is 0.410. The summed E-state index contributed by atoms with van der Waals surface area (Å²) in [4.78, 5) is 13.7. The molecule has 0 N–H and O–H groups in total. The van der Waals surface area contributed by atoms with Crippen LogP contribution in [0.2, 0.25) is 0 Å². The zero-order valence-corrected chi connectivity index (χ0v) is 9.58. The fourth-order valence-corrected chi connectivity index (χ4v) is 2.05. The van der Waals surface area contributed by atoms with Crippen molar-refractivity contribution < 1.29 is 9.18 Å². The Bertz CT molecular complexity index is 388. The first-order valence-electron chi connectivity index (χ1n) is 5.36. The minimum Gasteiger partial charge on any atom is -0.339 e. The first-order valence-corrected chi connectivity index (χ1v) is 5.79. The van der Waals surface area contributed by atoms with E-state index in [-0.39, 0.29) is 17.1 Å². The van der Waals surface area contributed by atoms with Gasteiger partial charge in [0.05, 0.1) is 0 Å². The molecule has 0 bridgehead atoms. The number of alkyl halides is 1. The van der Waals surface area contributed by atoms with Crippen molar-refractivity contribution in [3.63, 3.8) is 0 Å². The molecule has 1 heterocycles. The van der Waals surface area contributed by atoms with E-state index < -0.39 is 0 Å². The molecule has 1 aliphatic rings. The Balaban J connectivity index is 2.08. The van der Waals surface area contributed by atoms with Crippen molar-refractivity contribution in [3.05, 3.63) is 35.6 Å². The van der Waals surface area contributed by atoms with Crippen LogP contribution in [-0.2, 0) is 0 Å². The normalized spacial score (nSPS) is 17.5. The molecule has 0 aromatic heterocycles. The molecule has 1 saturated heterocycles. The lowest BCUT2D eigenvalue weighted by atomic mass is 10.1. The molecule has 16 heavy (non-hydrogen) atoms. The summed E-state index contributed by atoms with van der Waals surface area (Å²) in [5.74, 6) is -0.485. The largest absolute Gasteiger partial charge is 0.339 e. The second kappa shape index (κ2) is 4.83. The highest BCUT2D eigenvalue weighted by atomic mass is 35.5. The van der Waals surface area contributed by atoms with Crippen LogP contribution in [0.15, 0.2) is 24.3 Å². The van der Waals surface area contributed by atoms with Crippen LogP contribution in [0.25, 0.3) is 0 Å². The Morgan fingerprint density at radius 1 is 1.38 bits per heavy atom. The summed E-state index contributed by atoms with van der Waals surface area (Å²) in [5, 5.41) is 0.163. The summed E-state index contributed by atoms with van der Waals surface area (Å²) < 4.78 is 13.0. The predicted octanol–water partition coefficient (Wildman–Crippen LogP) is 2.67. The van der Waals surface area contributed by atoms with E-state index in [2.05, 4.69) is 0 Å². The number of piperidine rings is 1. The van der Waals surface area contributed by atoms with Gasteiger partial charge in [-0.05, 0) is 31.0 Å². The highest BCUT2D eigenvalue weighted by molar-refractivity contribution is 6.20. The van der Waals surface area contributed by atoms with Gasteiger partial charge >= 0.3 is 0 Å². The van der Waals surface area contributed by atoms with E-state index in [4.69, 9.17) is 11.6 Å². The number of benzene rings is 1. The molecule has 86 valence electrons. The molecule has 0 radical (unpaired) electrons. The molecule has 1 aromatic carbocycles. The van der Waals surface area contributed by atoms with Gasteiger partial charge in [0.1, 0.15) is 5.82 Å². The third-order valence-electron chi connectivity index (χ3n) is 2.78. The molecule has 1 amide bonds. The van der Waals surface area contributed by atoms with Crippen LogP contribution in [0.5, 0.6) is 0 Å². The van der Waals surface area contributed by atoms with E-state index in [9.17, 15) is 9.18 Å². The van der Waals surface area contributed by atoms with Crippen molar-refractivity contribution in [2.24, 2.45) is 0 Å². The molecule has 1 aliphatic heterocycles. The van der Waals surface area contributed by atoms with E-state index in [1.165, 1.54) is 12.1 Å².